The zero-order valence-electron chi connectivity index (χ0n) is 11.0. The minimum absolute atomic E-state index is 0.150. The van der Waals surface area contributed by atoms with Crippen molar-refractivity contribution in [3.05, 3.63) is 65.2 Å². The number of esters is 1. The number of carboxylic acids is 1. The summed E-state index contributed by atoms with van der Waals surface area (Å²) < 4.78 is 5.18. The summed E-state index contributed by atoms with van der Waals surface area (Å²) in [5, 5.41) is 8.78. The van der Waals surface area contributed by atoms with E-state index in [1.807, 2.05) is 19.1 Å². The second-order valence-corrected chi connectivity index (χ2v) is 4.27. The standard InChI is InChI=1S/C16H14O4/c1-2-11-3-5-13(6-4-11)16(19)20-14-9-7-12(8-10-14)15(17)18/h3-10H,2H2,1H3,(H,17,18). The van der Waals surface area contributed by atoms with Gasteiger partial charge in [0.15, 0.2) is 0 Å². The Morgan fingerprint density at radius 2 is 1.50 bits per heavy atom. The van der Waals surface area contributed by atoms with E-state index in [9.17, 15) is 9.59 Å². The summed E-state index contributed by atoms with van der Waals surface area (Å²) in [6.45, 7) is 2.04. The molecule has 0 saturated heterocycles. The first-order valence-electron chi connectivity index (χ1n) is 6.24. The average Bonchev–Trinajstić information content (AvgIpc) is 2.48. The van der Waals surface area contributed by atoms with Crippen LogP contribution in [0.5, 0.6) is 5.75 Å². The minimum atomic E-state index is -1.02. The summed E-state index contributed by atoms with van der Waals surface area (Å²) in [5.41, 5.74) is 1.76. The Kier molecular flexibility index (Phi) is 4.15. The second kappa shape index (κ2) is 6.02. The van der Waals surface area contributed by atoms with Crippen LogP contribution in [0.1, 0.15) is 33.2 Å². The molecule has 2 aromatic rings. The molecule has 0 unspecified atom stereocenters. The van der Waals surface area contributed by atoms with E-state index < -0.39 is 11.9 Å². The molecule has 0 heterocycles. The van der Waals surface area contributed by atoms with Crippen molar-refractivity contribution in [3.63, 3.8) is 0 Å². The third-order valence-electron chi connectivity index (χ3n) is 2.91. The van der Waals surface area contributed by atoms with Crippen LogP contribution in [-0.2, 0) is 6.42 Å². The lowest BCUT2D eigenvalue weighted by atomic mass is 10.1. The van der Waals surface area contributed by atoms with Gasteiger partial charge in [0.1, 0.15) is 5.75 Å². The molecule has 0 radical (unpaired) electrons. The molecule has 0 atom stereocenters. The largest absolute Gasteiger partial charge is 0.478 e. The van der Waals surface area contributed by atoms with Gasteiger partial charge >= 0.3 is 11.9 Å². The number of hydrogen-bond acceptors (Lipinski definition) is 3. The normalized spacial score (nSPS) is 10.1. The predicted molar refractivity (Wildman–Crippen MR) is 74.2 cm³/mol. The van der Waals surface area contributed by atoms with Gasteiger partial charge in [-0.2, -0.15) is 0 Å². The third-order valence-corrected chi connectivity index (χ3v) is 2.91. The van der Waals surface area contributed by atoms with Crippen molar-refractivity contribution in [2.24, 2.45) is 0 Å². The molecule has 102 valence electrons. The van der Waals surface area contributed by atoms with E-state index in [0.717, 1.165) is 12.0 Å². The van der Waals surface area contributed by atoms with E-state index >= 15 is 0 Å². The number of carboxylic acid groups (broad SMARTS) is 1. The Labute approximate surface area is 116 Å². The maximum atomic E-state index is 11.9. The maximum Gasteiger partial charge on any atom is 0.343 e. The summed E-state index contributed by atoms with van der Waals surface area (Å²) >= 11 is 0. The quantitative estimate of drug-likeness (QED) is 0.684. The number of ether oxygens (including phenoxy) is 1. The van der Waals surface area contributed by atoms with Crippen molar-refractivity contribution in [1.82, 2.24) is 0 Å². The van der Waals surface area contributed by atoms with Gasteiger partial charge in [-0.05, 0) is 48.4 Å². The third kappa shape index (κ3) is 3.23. The van der Waals surface area contributed by atoms with Gasteiger partial charge in [-0.3, -0.25) is 0 Å². The number of aryl methyl sites for hydroxylation is 1. The molecule has 0 aliphatic carbocycles. The van der Waals surface area contributed by atoms with Crippen LogP contribution in [0.25, 0.3) is 0 Å². The lowest BCUT2D eigenvalue weighted by molar-refractivity contribution is 0.0696. The van der Waals surface area contributed by atoms with E-state index in [1.54, 1.807) is 12.1 Å². The topological polar surface area (TPSA) is 63.6 Å². The first kappa shape index (κ1) is 13.8. The molecule has 4 heteroatoms. The molecule has 2 aromatic carbocycles. The number of carbonyl (C=O) groups is 2. The molecule has 0 saturated carbocycles. The summed E-state index contributed by atoms with van der Waals surface area (Å²) in [6, 6.07) is 12.9. The first-order valence-corrected chi connectivity index (χ1v) is 6.24. The maximum absolute atomic E-state index is 11.9. The second-order valence-electron chi connectivity index (χ2n) is 4.27. The summed E-state index contributed by atoms with van der Waals surface area (Å²) in [6.07, 6.45) is 0.909. The van der Waals surface area contributed by atoms with Crippen molar-refractivity contribution in [2.45, 2.75) is 13.3 Å². The molecule has 20 heavy (non-hydrogen) atoms. The molecule has 0 aliphatic heterocycles. The molecule has 4 nitrogen and oxygen atoms in total. The highest BCUT2D eigenvalue weighted by atomic mass is 16.5. The summed E-state index contributed by atoms with van der Waals surface area (Å²) in [4.78, 5) is 22.6. The fourth-order valence-corrected chi connectivity index (χ4v) is 1.71. The van der Waals surface area contributed by atoms with Crippen LogP contribution in [0.3, 0.4) is 0 Å². The fourth-order valence-electron chi connectivity index (χ4n) is 1.71. The molecule has 1 N–H and O–H groups in total. The van der Waals surface area contributed by atoms with Gasteiger partial charge in [0, 0.05) is 0 Å². The molecule has 0 amide bonds. The van der Waals surface area contributed by atoms with Crippen molar-refractivity contribution in [3.8, 4) is 5.75 Å². The van der Waals surface area contributed by atoms with Gasteiger partial charge < -0.3 is 9.84 Å². The van der Waals surface area contributed by atoms with Crippen LogP contribution in [0.15, 0.2) is 48.5 Å². The Bertz CT molecular complexity index is 612. The van der Waals surface area contributed by atoms with Crippen LogP contribution in [0.4, 0.5) is 0 Å². The van der Waals surface area contributed by atoms with Crippen LogP contribution in [0, 0.1) is 0 Å². The molecule has 0 aromatic heterocycles. The Balaban J connectivity index is 2.08. The van der Waals surface area contributed by atoms with Gasteiger partial charge in [0.25, 0.3) is 0 Å². The van der Waals surface area contributed by atoms with Gasteiger partial charge in [0.2, 0.25) is 0 Å². The van der Waals surface area contributed by atoms with Crippen LogP contribution in [0.2, 0.25) is 0 Å². The van der Waals surface area contributed by atoms with Gasteiger partial charge in [0.05, 0.1) is 11.1 Å². The first-order chi connectivity index (χ1) is 9.60. The van der Waals surface area contributed by atoms with Gasteiger partial charge in [-0.15, -0.1) is 0 Å². The lowest BCUT2D eigenvalue weighted by Gasteiger charge is -2.05. The van der Waals surface area contributed by atoms with Crippen LogP contribution >= 0.6 is 0 Å². The van der Waals surface area contributed by atoms with E-state index in [0.29, 0.717) is 11.3 Å². The Hall–Kier alpha value is -2.62. The summed E-state index contributed by atoms with van der Waals surface area (Å²) in [7, 11) is 0. The molecule has 2 rings (SSSR count). The highest BCUT2D eigenvalue weighted by Crippen LogP contribution is 2.15. The monoisotopic (exact) mass is 270 g/mol. The average molecular weight is 270 g/mol. The lowest BCUT2D eigenvalue weighted by Crippen LogP contribution is -2.08. The van der Waals surface area contributed by atoms with E-state index in [-0.39, 0.29) is 5.56 Å². The zero-order valence-corrected chi connectivity index (χ0v) is 11.0. The van der Waals surface area contributed by atoms with E-state index in [1.165, 1.54) is 24.3 Å². The van der Waals surface area contributed by atoms with Gasteiger partial charge in [-0.1, -0.05) is 19.1 Å². The number of benzene rings is 2. The van der Waals surface area contributed by atoms with Gasteiger partial charge in [-0.25, -0.2) is 9.59 Å². The molecule has 0 aliphatic rings. The van der Waals surface area contributed by atoms with E-state index in [4.69, 9.17) is 9.84 Å². The Morgan fingerprint density at radius 1 is 0.950 bits per heavy atom. The van der Waals surface area contributed by atoms with Crippen molar-refractivity contribution >= 4 is 11.9 Å². The number of aromatic carboxylic acids is 1. The SMILES string of the molecule is CCc1ccc(C(=O)Oc2ccc(C(=O)O)cc2)cc1. The predicted octanol–water partition coefficient (Wildman–Crippen LogP) is 3.17. The zero-order chi connectivity index (χ0) is 14.5. The van der Waals surface area contributed by atoms with Crippen molar-refractivity contribution in [1.29, 1.82) is 0 Å². The highest BCUT2D eigenvalue weighted by molar-refractivity contribution is 5.91. The minimum Gasteiger partial charge on any atom is -0.478 e. The smallest absolute Gasteiger partial charge is 0.343 e. The van der Waals surface area contributed by atoms with Crippen molar-refractivity contribution in [2.75, 3.05) is 0 Å². The number of hydrogen-bond donors (Lipinski definition) is 1. The van der Waals surface area contributed by atoms with Crippen molar-refractivity contribution < 1.29 is 19.4 Å². The van der Waals surface area contributed by atoms with Crippen LogP contribution < -0.4 is 4.74 Å². The Morgan fingerprint density at radius 3 is 2.00 bits per heavy atom. The molecule has 0 spiro atoms. The molecule has 0 fully saturated rings. The highest BCUT2D eigenvalue weighted by Gasteiger charge is 2.09. The molecular formula is C16H14O4. The molecular weight excluding hydrogens is 256 g/mol. The van der Waals surface area contributed by atoms with E-state index in [2.05, 4.69) is 0 Å². The number of carbonyl (C=O) groups excluding carboxylic acids is 1. The number of rotatable bonds is 4. The summed E-state index contributed by atoms with van der Waals surface area (Å²) in [5.74, 6) is -1.16. The fraction of sp³-hybridized carbons (Fsp3) is 0.125. The molecule has 0 bridgehead atoms. The van der Waals surface area contributed by atoms with Crippen LogP contribution in [-0.4, -0.2) is 17.0 Å².